The van der Waals surface area contributed by atoms with Crippen LogP contribution in [0.1, 0.15) is 57.4 Å². The molecule has 1 saturated heterocycles. The van der Waals surface area contributed by atoms with Crippen LogP contribution < -0.4 is 0 Å². The van der Waals surface area contributed by atoms with Crippen molar-refractivity contribution in [3.8, 4) is 6.07 Å². The van der Waals surface area contributed by atoms with Gasteiger partial charge in [-0.15, -0.1) is 0 Å². The first-order valence-corrected chi connectivity index (χ1v) is 10.3. The zero-order valence-corrected chi connectivity index (χ0v) is 16.3. The number of amides is 1. The van der Waals surface area contributed by atoms with E-state index in [0.717, 1.165) is 63.6 Å². The highest BCUT2D eigenvalue weighted by Crippen LogP contribution is 2.40. The minimum Gasteiger partial charge on any atom is -0.465 e. The zero-order chi connectivity index (χ0) is 19.3. The maximum absolute atomic E-state index is 11.5. The molecule has 3 rings (SSSR count). The van der Waals surface area contributed by atoms with E-state index < -0.39 is 6.09 Å². The Morgan fingerprint density at radius 3 is 2.48 bits per heavy atom. The molecule has 1 saturated carbocycles. The third-order valence-electron chi connectivity index (χ3n) is 6.62. The van der Waals surface area contributed by atoms with Crippen molar-refractivity contribution < 1.29 is 9.90 Å². The van der Waals surface area contributed by atoms with Crippen LogP contribution in [-0.2, 0) is 5.41 Å². The summed E-state index contributed by atoms with van der Waals surface area (Å²) in [5.74, 6) is 0. The third-order valence-corrected chi connectivity index (χ3v) is 6.62. The van der Waals surface area contributed by atoms with Crippen LogP contribution in [0.3, 0.4) is 0 Å². The Balaban J connectivity index is 1.62. The molecule has 1 N–H and O–H groups in total. The summed E-state index contributed by atoms with van der Waals surface area (Å²) in [4.78, 5) is 15.7. The van der Waals surface area contributed by atoms with Gasteiger partial charge in [-0.3, -0.25) is 0 Å². The quantitative estimate of drug-likeness (QED) is 0.865. The van der Waals surface area contributed by atoms with Crippen molar-refractivity contribution in [3.63, 3.8) is 0 Å². The average Bonchev–Trinajstić information content (AvgIpc) is 2.69. The van der Waals surface area contributed by atoms with E-state index >= 15 is 0 Å². The molecule has 1 aliphatic heterocycles. The maximum atomic E-state index is 11.5. The van der Waals surface area contributed by atoms with Gasteiger partial charge in [0.25, 0.3) is 0 Å². The topological polar surface area (TPSA) is 67.6 Å². The monoisotopic (exact) mass is 369 g/mol. The van der Waals surface area contributed by atoms with Crippen molar-refractivity contribution in [1.29, 1.82) is 5.26 Å². The van der Waals surface area contributed by atoms with E-state index in [-0.39, 0.29) is 11.5 Å². The highest BCUT2D eigenvalue weighted by Gasteiger charge is 2.39. The van der Waals surface area contributed by atoms with Crippen molar-refractivity contribution in [1.82, 2.24) is 9.80 Å². The van der Waals surface area contributed by atoms with Gasteiger partial charge in [0.15, 0.2) is 0 Å². The lowest BCUT2D eigenvalue weighted by atomic mass is 9.69. The molecule has 1 aromatic carbocycles. The van der Waals surface area contributed by atoms with E-state index in [0.29, 0.717) is 12.6 Å². The van der Waals surface area contributed by atoms with Crippen LogP contribution in [0.2, 0.25) is 0 Å². The fourth-order valence-corrected chi connectivity index (χ4v) is 4.93. The molecule has 0 spiro atoms. The smallest absolute Gasteiger partial charge is 0.407 e. The summed E-state index contributed by atoms with van der Waals surface area (Å²) in [6.07, 6.45) is 5.79. The molecular weight excluding hydrogens is 338 g/mol. The Kier molecular flexibility index (Phi) is 6.38. The molecule has 1 atom stereocenters. The van der Waals surface area contributed by atoms with E-state index in [1.54, 1.807) is 4.90 Å². The van der Waals surface area contributed by atoms with E-state index in [2.05, 4.69) is 30.0 Å². The molecule has 1 unspecified atom stereocenters. The maximum Gasteiger partial charge on any atom is 0.407 e. The summed E-state index contributed by atoms with van der Waals surface area (Å²) in [5.41, 5.74) is 0.814. The third kappa shape index (κ3) is 4.27. The van der Waals surface area contributed by atoms with E-state index in [9.17, 15) is 15.2 Å². The molecule has 5 heteroatoms. The van der Waals surface area contributed by atoms with Crippen LogP contribution in [0, 0.1) is 11.3 Å². The Bertz CT molecular complexity index is 662. The molecule has 1 heterocycles. The first-order chi connectivity index (χ1) is 13.1. The van der Waals surface area contributed by atoms with Gasteiger partial charge in [-0.05, 0) is 50.5 Å². The van der Waals surface area contributed by atoms with Gasteiger partial charge in [-0.1, -0.05) is 37.3 Å². The summed E-state index contributed by atoms with van der Waals surface area (Å²) in [5, 5.41) is 19.3. The van der Waals surface area contributed by atoms with Crippen LogP contribution in [0.4, 0.5) is 4.79 Å². The molecule has 2 aliphatic rings. The molecule has 0 bridgehead atoms. The predicted molar refractivity (Wildman–Crippen MR) is 106 cm³/mol. The number of carbonyl (C=O) groups is 1. The normalized spacial score (nSPS) is 30.1. The molecule has 1 aromatic rings. The molecule has 146 valence electrons. The molecule has 2 fully saturated rings. The van der Waals surface area contributed by atoms with Crippen LogP contribution >= 0.6 is 0 Å². The highest BCUT2D eigenvalue weighted by molar-refractivity contribution is 5.65. The number of nitrogens with zero attached hydrogens (tertiary/aromatic N) is 3. The van der Waals surface area contributed by atoms with Gasteiger partial charge in [0.05, 0.1) is 11.5 Å². The molecule has 5 nitrogen and oxygen atoms in total. The second-order valence-electron chi connectivity index (χ2n) is 8.01. The Hall–Kier alpha value is -2.06. The van der Waals surface area contributed by atoms with Gasteiger partial charge in [0.2, 0.25) is 0 Å². The fraction of sp³-hybridized carbons (Fsp3) is 0.636. The number of nitriles is 1. The minimum atomic E-state index is -0.783. The zero-order valence-electron chi connectivity index (χ0n) is 16.3. The van der Waals surface area contributed by atoms with Crippen LogP contribution in [0.25, 0.3) is 0 Å². The number of hydrogen-bond acceptors (Lipinski definition) is 3. The van der Waals surface area contributed by atoms with Crippen molar-refractivity contribution in [2.75, 3.05) is 19.6 Å². The van der Waals surface area contributed by atoms with Gasteiger partial charge in [-0.2, -0.15) is 5.26 Å². The van der Waals surface area contributed by atoms with E-state index in [1.807, 2.05) is 18.2 Å². The second kappa shape index (κ2) is 8.75. The second-order valence-corrected chi connectivity index (χ2v) is 8.01. The number of hydrogen-bond donors (Lipinski definition) is 1. The Morgan fingerprint density at radius 2 is 1.89 bits per heavy atom. The largest absolute Gasteiger partial charge is 0.465 e. The van der Waals surface area contributed by atoms with Gasteiger partial charge >= 0.3 is 6.09 Å². The van der Waals surface area contributed by atoms with Gasteiger partial charge < -0.3 is 14.9 Å². The van der Waals surface area contributed by atoms with Crippen LogP contribution in [-0.4, -0.2) is 52.7 Å². The van der Waals surface area contributed by atoms with Gasteiger partial charge in [0.1, 0.15) is 0 Å². The first kappa shape index (κ1) is 19.7. The first-order valence-electron chi connectivity index (χ1n) is 10.3. The lowest BCUT2D eigenvalue weighted by Crippen LogP contribution is -2.49. The number of rotatable bonds is 3. The van der Waals surface area contributed by atoms with Crippen molar-refractivity contribution >= 4 is 6.09 Å². The van der Waals surface area contributed by atoms with Crippen molar-refractivity contribution in [2.24, 2.45) is 0 Å². The van der Waals surface area contributed by atoms with E-state index in [4.69, 9.17) is 0 Å². The SMILES string of the molecule is CCC1CCN(C2CCC(C#N)(c3ccccc3)CC2)CCCN1C(=O)O. The Labute approximate surface area is 162 Å². The highest BCUT2D eigenvalue weighted by atomic mass is 16.4. The minimum absolute atomic E-state index is 0.122. The summed E-state index contributed by atoms with van der Waals surface area (Å²) >= 11 is 0. The fourth-order valence-electron chi connectivity index (χ4n) is 4.93. The molecule has 1 aliphatic carbocycles. The summed E-state index contributed by atoms with van der Waals surface area (Å²) in [6.45, 7) is 4.62. The summed E-state index contributed by atoms with van der Waals surface area (Å²) < 4.78 is 0. The molecule has 0 aromatic heterocycles. The molecule has 0 radical (unpaired) electrons. The van der Waals surface area contributed by atoms with Crippen molar-refractivity contribution in [2.45, 2.75) is 69.4 Å². The lowest BCUT2D eigenvalue weighted by molar-refractivity contribution is 0.0758. The van der Waals surface area contributed by atoms with E-state index in [1.165, 1.54) is 0 Å². The average molecular weight is 370 g/mol. The van der Waals surface area contributed by atoms with Crippen LogP contribution in [0.15, 0.2) is 30.3 Å². The summed E-state index contributed by atoms with van der Waals surface area (Å²) in [7, 11) is 0. The van der Waals surface area contributed by atoms with Gasteiger partial charge in [0, 0.05) is 31.7 Å². The predicted octanol–water partition coefficient (Wildman–Crippen LogP) is 4.24. The van der Waals surface area contributed by atoms with Crippen LogP contribution in [0.5, 0.6) is 0 Å². The Morgan fingerprint density at radius 1 is 1.19 bits per heavy atom. The summed E-state index contributed by atoms with van der Waals surface area (Å²) in [6, 6.07) is 13.5. The standard InChI is InChI=1S/C22H31N3O2/c1-2-19-11-16-24(14-6-15-25(19)21(26)27)20-9-12-22(17-23,13-10-20)18-7-4-3-5-8-18/h3-5,7-8,19-20H,2,6,9-16H2,1H3,(H,26,27). The van der Waals surface area contributed by atoms with Gasteiger partial charge in [-0.25, -0.2) is 4.79 Å². The molecule has 27 heavy (non-hydrogen) atoms. The number of carboxylic acid groups (broad SMARTS) is 1. The lowest BCUT2D eigenvalue weighted by Gasteiger charge is -2.43. The number of benzene rings is 1. The molecular formula is C22H31N3O2. The molecule has 1 amide bonds. The van der Waals surface area contributed by atoms with Crippen molar-refractivity contribution in [3.05, 3.63) is 35.9 Å².